The summed E-state index contributed by atoms with van der Waals surface area (Å²) in [6, 6.07) is 28.5. The van der Waals surface area contributed by atoms with Gasteiger partial charge in [-0.05, 0) is 67.6 Å². The zero-order chi connectivity index (χ0) is 30.9. The molecule has 0 aliphatic carbocycles. The van der Waals surface area contributed by atoms with Gasteiger partial charge >= 0.3 is 6.16 Å². The third-order valence-corrected chi connectivity index (χ3v) is 7.67. The summed E-state index contributed by atoms with van der Waals surface area (Å²) >= 11 is 0. The fourth-order valence-electron chi connectivity index (χ4n) is 5.49. The largest absolute Gasteiger partial charge is 0.618 e. The van der Waals surface area contributed by atoms with Crippen LogP contribution in [0.4, 0.5) is 4.79 Å². The second-order valence-corrected chi connectivity index (χ2v) is 12.3. The molecule has 0 bridgehead atoms. The summed E-state index contributed by atoms with van der Waals surface area (Å²) in [4.78, 5) is 17.9. The van der Waals surface area contributed by atoms with E-state index in [-0.39, 0.29) is 12.0 Å². The summed E-state index contributed by atoms with van der Waals surface area (Å²) < 4.78 is 18.6. The standard InChI is InChI=1S/C36H42N2O6/c1-36(2,3)43-35(39)44-37-20-19-33(34(24-37)42-26-28-15-16-29-12-7-8-13-30(29)22-28)31-17-18-32(38(40)23-31)14-9-21-41-25-27-10-5-4-6-11-27/h4-8,10-13,15-18,22-23,33-34H,9,14,19-21,24-26H2,1-3H3. The Balaban J connectivity index is 1.23. The number of nitrogens with zero attached hydrogens (tertiary/aromatic N) is 2. The zero-order valence-corrected chi connectivity index (χ0v) is 25.8. The average molecular weight is 599 g/mol. The molecule has 2 atom stereocenters. The van der Waals surface area contributed by atoms with Crippen molar-refractivity contribution >= 4 is 16.9 Å². The average Bonchev–Trinajstić information content (AvgIpc) is 3.00. The van der Waals surface area contributed by atoms with Gasteiger partial charge in [-0.2, -0.15) is 4.73 Å². The Morgan fingerprint density at radius 1 is 0.932 bits per heavy atom. The maximum atomic E-state index is 13.1. The highest BCUT2D eigenvalue weighted by molar-refractivity contribution is 5.82. The molecule has 4 aromatic rings. The van der Waals surface area contributed by atoms with Crippen LogP contribution in [0.1, 0.15) is 61.9 Å². The first kappa shape index (κ1) is 31.4. The second-order valence-electron chi connectivity index (χ2n) is 12.3. The van der Waals surface area contributed by atoms with Crippen molar-refractivity contribution in [2.75, 3.05) is 19.7 Å². The molecule has 8 heteroatoms. The van der Waals surface area contributed by atoms with Gasteiger partial charge in [0.05, 0.1) is 25.9 Å². The van der Waals surface area contributed by atoms with Crippen LogP contribution in [0, 0.1) is 5.21 Å². The lowest BCUT2D eigenvalue weighted by atomic mass is 9.88. The van der Waals surface area contributed by atoms with Gasteiger partial charge in [0.1, 0.15) is 5.60 Å². The van der Waals surface area contributed by atoms with Gasteiger partial charge in [-0.15, -0.1) is 5.06 Å². The van der Waals surface area contributed by atoms with Crippen molar-refractivity contribution in [3.05, 3.63) is 119 Å². The van der Waals surface area contributed by atoms with Gasteiger partial charge in [0.15, 0.2) is 11.9 Å². The van der Waals surface area contributed by atoms with Gasteiger partial charge in [-0.1, -0.05) is 66.7 Å². The quantitative estimate of drug-likeness (QED) is 0.0807. The van der Waals surface area contributed by atoms with E-state index in [1.807, 2.05) is 54.6 Å². The number of rotatable bonds is 11. The molecule has 5 rings (SSSR count). The van der Waals surface area contributed by atoms with Crippen molar-refractivity contribution in [3.63, 3.8) is 0 Å². The van der Waals surface area contributed by atoms with Crippen molar-refractivity contribution in [2.45, 2.75) is 70.9 Å². The summed E-state index contributed by atoms with van der Waals surface area (Å²) in [5.41, 5.74) is 3.15. The number of hydrogen-bond acceptors (Lipinski definition) is 7. The number of pyridine rings is 1. The smallest absolute Gasteiger partial charge is 0.528 e. The maximum absolute atomic E-state index is 13.1. The molecule has 1 aromatic heterocycles. The molecule has 44 heavy (non-hydrogen) atoms. The van der Waals surface area contributed by atoms with E-state index < -0.39 is 11.8 Å². The van der Waals surface area contributed by atoms with E-state index in [9.17, 15) is 10.0 Å². The summed E-state index contributed by atoms with van der Waals surface area (Å²) in [7, 11) is 0. The molecule has 2 heterocycles. The predicted molar refractivity (Wildman–Crippen MR) is 169 cm³/mol. The first-order valence-electron chi connectivity index (χ1n) is 15.3. The first-order valence-corrected chi connectivity index (χ1v) is 15.3. The fraction of sp³-hybridized carbons (Fsp3) is 0.389. The van der Waals surface area contributed by atoms with Crippen LogP contribution in [0.2, 0.25) is 0 Å². The molecule has 3 aromatic carbocycles. The molecular formula is C36H42N2O6. The van der Waals surface area contributed by atoms with Gasteiger partial charge in [0, 0.05) is 37.1 Å². The Bertz CT molecular complexity index is 1520. The number of benzene rings is 3. The van der Waals surface area contributed by atoms with Crippen molar-refractivity contribution in [1.29, 1.82) is 0 Å². The molecule has 0 N–H and O–H groups in total. The number of ether oxygens (including phenoxy) is 3. The van der Waals surface area contributed by atoms with Crippen LogP contribution in [0.25, 0.3) is 10.8 Å². The van der Waals surface area contributed by atoms with Crippen LogP contribution in [0.5, 0.6) is 0 Å². The van der Waals surface area contributed by atoms with E-state index in [2.05, 4.69) is 30.3 Å². The minimum absolute atomic E-state index is 0.0441. The van der Waals surface area contributed by atoms with Crippen molar-refractivity contribution < 1.29 is 28.6 Å². The van der Waals surface area contributed by atoms with E-state index in [4.69, 9.17) is 19.0 Å². The van der Waals surface area contributed by atoms with Crippen LogP contribution in [-0.2, 0) is 38.7 Å². The van der Waals surface area contributed by atoms with Crippen molar-refractivity contribution in [2.24, 2.45) is 0 Å². The van der Waals surface area contributed by atoms with Crippen LogP contribution < -0.4 is 4.73 Å². The Morgan fingerprint density at radius 2 is 1.70 bits per heavy atom. The van der Waals surface area contributed by atoms with Gasteiger partial charge in [0.25, 0.3) is 0 Å². The lowest BCUT2D eigenvalue weighted by Crippen LogP contribution is -2.46. The Labute approximate surface area is 259 Å². The summed E-state index contributed by atoms with van der Waals surface area (Å²) in [6.07, 6.45) is 2.66. The second kappa shape index (κ2) is 14.7. The van der Waals surface area contributed by atoms with E-state index in [1.54, 1.807) is 32.0 Å². The van der Waals surface area contributed by atoms with Crippen molar-refractivity contribution in [1.82, 2.24) is 5.06 Å². The molecule has 0 spiro atoms. The summed E-state index contributed by atoms with van der Waals surface area (Å²) in [5, 5.41) is 17.0. The monoisotopic (exact) mass is 598 g/mol. The SMILES string of the molecule is CC(C)(C)OC(=O)ON1CCC(c2ccc(CCCOCc3ccccc3)[n+]([O-])c2)C(OCc2ccc3ccccc3c2)C1. The maximum Gasteiger partial charge on any atom is 0.528 e. The summed E-state index contributed by atoms with van der Waals surface area (Å²) in [6.45, 7) is 7.80. The number of piperidine rings is 1. The lowest BCUT2D eigenvalue weighted by Gasteiger charge is -2.37. The Hall–Kier alpha value is -3.98. The predicted octanol–water partition coefficient (Wildman–Crippen LogP) is 6.86. The highest BCUT2D eigenvalue weighted by Crippen LogP contribution is 2.31. The molecule has 0 amide bonds. The number of aryl methyl sites for hydroxylation is 1. The number of hydroxylamine groups is 2. The zero-order valence-electron chi connectivity index (χ0n) is 25.8. The number of fused-ring (bicyclic) bond motifs is 1. The molecule has 1 saturated heterocycles. The molecule has 2 unspecified atom stereocenters. The highest BCUT2D eigenvalue weighted by Gasteiger charge is 2.35. The van der Waals surface area contributed by atoms with Gasteiger partial charge < -0.3 is 24.3 Å². The van der Waals surface area contributed by atoms with Gasteiger partial charge in [-0.25, -0.2) is 4.79 Å². The topological polar surface area (TPSA) is 84.2 Å². The number of hydrogen-bond donors (Lipinski definition) is 0. The van der Waals surface area contributed by atoms with Crippen LogP contribution >= 0.6 is 0 Å². The molecular weight excluding hydrogens is 556 g/mol. The van der Waals surface area contributed by atoms with E-state index in [1.165, 1.54) is 5.39 Å². The molecule has 1 fully saturated rings. The normalized spacial score (nSPS) is 17.4. The molecule has 1 aliphatic rings. The number of carbonyl (C=O) groups is 1. The third-order valence-electron chi connectivity index (χ3n) is 7.67. The number of aromatic nitrogens is 1. The van der Waals surface area contributed by atoms with Gasteiger partial charge in [-0.3, -0.25) is 0 Å². The van der Waals surface area contributed by atoms with E-state index in [0.29, 0.717) is 51.4 Å². The summed E-state index contributed by atoms with van der Waals surface area (Å²) in [5.74, 6) is -0.0441. The fourth-order valence-corrected chi connectivity index (χ4v) is 5.49. The Morgan fingerprint density at radius 3 is 2.48 bits per heavy atom. The Kier molecular flexibility index (Phi) is 10.5. The van der Waals surface area contributed by atoms with Crippen LogP contribution in [-0.4, -0.2) is 42.6 Å². The molecule has 0 saturated carbocycles. The van der Waals surface area contributed by atoms with Crippen LogP contribution in [0.15, 0.2) is 91.1 Å². The highest BCUT2D eigenvalue weighted by atomic mass is 16.8. The number of carbonyl (C=O) groups excluding carboxylic acids is 1. The van der Waals surface area contributed by atoms with E-state index >= 15 is 0 Å². The van der Waals surface area contributed by atoms with Crippen LogP contribution in [0.3, 0.4) is 0 Å². The molecule has 1 aliphatic heterocycles. The molecule has 232 valence electrons. The minimum atomic E-state index is -0.737. The first-order chi connectivity index (χ1) is 21.2. The third kappa shape index (κ3) is 9.02. The lowest BCUT2D eigenvalue weighted by molar-refractivity contribution is -0.614. The molecule has 0 radical (unpaired) electrons. The minimum Gasteiger partial charge on any atom is -0.618 e. The molecule has 8 nitrogen and oxygen atoms in total. The van der Waals surface area contributed by atoms with Crippen molar-refractivity contribution in [3.8, 4) is 0 Å². The van der Waals surface area contributed by atoms with E-state index in [0.717, 1.165) is 33.2 Å². The van der Waals surface area contributed by atoms with Gasteiger partial charge in [0.2, 0.25) is 0 Å².